The number of rotatable bonds is 7. The molecule has 0 heterocycles. The summed E-state index contributed by atoms with van der Waals surface area (Å²) in [5.74, 6) is -1.15. The van der Waals surface area contributed by atoms with Crippen LogP contribution in [0.2, 0.25) is 0 Å². The van der Waals surface area contributed by atoms with Crippen molar-refractivity contribution in [3.05, 3.63) is 92.5 Å². The minimum absolute atomic E-state index is 0.0401. The number of ether oxygens (including phenoxy) is 2. The molecule has 3 aromatic carbocycles. The Kier molecular flexibility index (Phi) is 9.00. The van der Waals surface area contributed by atoms with Gasteiger partial charge in [0.1, 0.15) is 11.5 Å². The fourth-order valence-corrected chi connectivity index (χ4v) is 5.34. The molecule has 0 aliphatic carbocycles. The van der Waals surface area contributed by atoms with E-state index in [2.05, 4.69) is 0 Å². The molecule has 0 aliphatic heterocycles. The lowest BCUT2D eigenvalue weighted by molar-refractivity contribution is 0.0634. The largest absolute Gasteiger partial charge is 0.423 e. The van der Waals surface area contributed by atoms with Crippen molar-refractivity contribution in [3.8, 4) is 11.5 Å². The zero-order valence-corrected chi connectivity index (χ0v) is 24.7. The van der Waals surface area contributed by atoms with Crippen LogP contribution >= 0.6 is 0 Å². The maximum Gasteiger partial charge on any atom is 0.344 e. The summed E-state index contributed by atoms with van der Waals surface area (Å²) in [5.41, 5.74) is 6.42. The maximum absolute atomic E-state index is 13.6. The Morgan fingerprint density at radius 1 is 0.615 bits per heavy atom. The monoisotopic (exact) mass is 529 g/mol. The van der Waals surface area contributed by atoms with Crippen molar-refractivity contribution in [2.75, 3.05) is 0 Å². The van der Waals surface area contributed by atoms with E-state index in [-0.39, 0.29) is 35.1 Å². The summed E-state index contributed by atoms with van der Waals surface area (Å²) in [6.45, 7) is 19.1. The Balaban J connectivity index is 2.07. The van der Waals surface area contributed by atoms with Gasteiger partial charge < -0.3 is 14.4 Å². The van der Waals surface area contributed by atoms with Crippen molar-refractivity contribution in [2.45, 2.75) is 81.3 Å². The fraction of sp³-hybridized carbons (Fsp3) is 0.364. The van der Waals surface area contributed by atoms with Gasteiger partial charge in [0, 0.05) is 18.2 Å². The average Bonchev–Trinajstić information content (AvgIpc) is 2.77. The van der Waals surface area contributed by atoms with Gasteiger partial charge in [-0.1, -0.05) is 35.4 Å². The summed E-state index contributed by atoms with van der Waals surface area (Å²) in [5, 5.41) is 0. The molecule has 0 spiro atoms. The lowest BCUT2D eigenvalue weighted by Gasteiger charge is -2.31. The summed E-state index contributed by atoms with van der Waals surface area (Å²) < 4.78 is 11.6. The molecule has 3 rings (SSSR count). The second kappa shape index (κ2) is 11.9. The highest BCUT2D eigenvalue weighted by Gasteiger charge is 2.27. The Morgan fingerprint density at radius 3 is 1.44 bits per heavy atom. The summed E-state index contributed by atoms with van der Waals surface area (Å²) >= 11 is 0. The maximum atomic E-state index is 13.6. The molecule has 0 bridgehead atoms. The number of amides is 1. The van der Waals surface area contributed by atoms with Gasteiger partial charge in [-0.05, 0) is 104 Å². The Labute approximate surface area is 231 Å². The number of carbonyl (C=O) groups is 3. The number of hydrogen-bond acceptors (Lipinski definition) is 5. The van der Waals surface area contributed by atoms with Gasteiger partial charge in [-0.2, -0.15) is 0 Å². The first-order valence-corrected chi connectivity index (χ1v) is 13.3. The topological polar surface area (TPSA) is 72.9 Å². The number of esters is 2. The number of hydrogen-bond donors (Lipinski definition) is 0. The molecule has 0 unspecified atom stereocenters. The highest BCUT2D eigenvalue weighted by molar-refractivity contribution is 6.01. The third-order valence-electron chi connectivity index (χ3n) is 6.71. The van der Waals surface area contributed by atoms with Crippen LogP contribution in [0.1, 0.15) is 92.1 Å². The molecule has 206 valence electrons. The lowest BCUT2D eigenvalue weighted by Crippen LogP contribution is -2.42. The molecular weight excluding hydrogens is 490 g/mol. The third-order valence-corrected chi connectivity index (χ3v) is 6.71. The number of carbonyl (C=O) groups excluding carboxylic acids is 3. The van der Waals surface area contributed by atoms with Gasteiger partial charge in [0.2, 0.25) is 0 Å². The Hall–Kier alpha value is -3.93. The van der Waals surface area contributed by atoms with Crippen molar-refractivity contribution in [1.29, 1.82) is 0 Å². The first-order chi connectivity index (χ1) is 18.2. The van der Waals surface area contributed by atoms with Gasteiger partial charge in [0.05, 0.1) is 16.7 Å². The second-order valence-electron chi connectivity index (χ2n) is 10.9. The molecule has 6 heteroatoms. The Morgan fingerprint density at radius 2 is 1.03 bits per heavy atom. The minimum Gasteiger partial charge on any atom is -0.423 e. The summed E-state index contributed by atoms with van der Waals surface area (Å²) in [6, 6.07) is 12.1. The quantitative estimate of drug-likeness (QED) is 0.238. The van der Waals surface area contributed by atoms with E-state index in [1.165, 1.54) is 6.07 Å². The van der Waals surface area contributed by atoms with Crippen LogP contribution in [0.25, 0.3) is 0 Å². The normalized spacial score (nSPS) is 11.1. The van der Waals surface area contributed by atoms with E-state index in [4.69, 9.17) is 9.47 Å². The van der Waals surface area contributed by atoms with E-state index < -0.39 is 11.9 Å². The van der Waals surface area contributed by atoms with Gasteiger partial charge in [-0.3, -0.25) is 4.79 Å². The summed E-state index contributed by atoms with van der Waals surface area (Å²) in [7, 11) is 0. The summed E-state index contributed by atoms with van der Waals surface area (Å²) in [4.78, 5) is 41.9. The first-order valence-electron chi connectivity index (χ1n) is 13.3. The second-order valence-corrected chi connectivity index (χ2v) is 10.9. The van der Waals surface area contributed by atoms with Crippen LogP contribution in [0.4, 0.5) is 0 Å². The van der Waals surface area contributed by atoms with Crippen LogP contribution < -0.4 is 9.47 Å². The lowest BCUT2D eigenvalue weighted by atomic mass is 10.00. The molecule has 0 radical (unpaired) electrons. The highest BCUT2D eigenvalue weighted by atomic mass is 16.5. The van der Waals surface area contributed by atoms with Crippen LogP contribution in [0.5, 0.6) is 11.5 Å². The molecule has 39 heavy (non-hydrogen) atoms. The average molecular weight is 530 g/mol. The van der Waals surface area contributed by atoms with Crippen LogP contribution in [0.3, 0.4) is 0 Å². The van der Waals surface area contributed by atoms with Crippen molar-refractivity contribution >= 4 is 17.8 Å². The van der Waals surface area contributed by atoms with Crippen LogP contribution in [-0.2, 0) is 0 Å². The number of aryl methyl sites for hydroxylation is 6. The van der Waals surface area contributed by atoms with Crippen molar-refractivity contribution in [1.82, 2.24) is 4.90 Å². The molecule has 1 amide bonds. The molecule has 3 aromatic rings. The molecule has 0 N–H and O–H groups in total. The predicted octanol–water partition coefficient (Wildman–Crippen LogP) is 7.23. The van der Waals surface area contributed by atoms with E-state index >= 15 is 0 Å². The fourth-order valence-electron chi connectivity index (χ4n) is 5.34. The van der Waals surface area contributed by atoms with Gasteiger partial charge >= 0.3 is 11.9 Å². The van der Waals surface area contributed by atoms with E-state index in [0.29, 0.717) is 11.1 Å². The van der Waals surface area contributed by atoms with E-state index in [9.17, 15) is 14.4 Å². The first kappa shape index (κ1) is 29.6. The smallest absolute Gasteiger partial charge is 0.344 e. The molecule has 6 nitrogen and oxygen atoms in total. The van der Waals surface area contributed by atoms with E-state index in [1.807, 2.05) is 93.5 Å². The molecular formula is C33H39NO5. The molecule has 0 atom stereocenters. The molecule has 0 saturated carbocycles. The zero-order chi connectivity index (χ0) is 29.2. The van der Waals surface area contributed by atoms with Crippen molar-refractivity contribution in [2.24, 2.45) is 0 Å². The highest BCUT2D eigenvalue weighted by Crippen LogP contribution is 2.30. The van der Waals surface area contributed by atoms with Crippen LogP contribution in [0.15, 0.2) is 42.5 Å². The van der Waals surface area contributed by atoms with Crippen LogP contribution in [0, 0.1) is 41.5 Å². The van der Waals surface area contributed by atoms with Crippen LogP contribution in [-0.4, -0.2) is 34.8 Å². The molecule has 0 saturated heterocycles. The predicted molar refractivity (Wildman–Crippen MR) is 154 cm³/mol. The SMILES string of the molecule is Cc1cc(C)c(C(=O)Oc2ccc(C(=O)N(C(C)C)C(C)C)c(OC(=O)c3c(C)cc(C)cc3C)c2)c(C)c1. The minimum atomic E-state index is -0.576. The van der Waals surface area contributed by atoms with E-state index in [1.54, 1.807) is 17.0 Å². The Bertz CT molecular complexity index is 1380. The van der Waals surface area contributed by atoms with Gasteiger partial charge in [0.25, 0.3) is 5.91 Å². The van der Waals surface area contributed by atoms with Gasteiger partial charge in [-0.15, -0.1) is 0 Å². The number of nitrogens with zero attached hydrogens (tertiary/aromatic N) is 1. The van der Waals surface area contributed by atoms with E-state index in [0.717, 1.165) is 33.4 Å². The number of benzene rings is 3. The summed E-state index contributed by atoms with van der Waals surface area (Å²) in [6.07, 6.45) is 0. The molecule has 0 aromatic heterocycles. The molecule has 0 fully saturated rings. The standard InChI is InChI=1S/C33H39NO5/c1-18(2)34(19(3)4)31(35)27-12-11-26(38-32(36)29-22(7)13-20(5)14-23(29)8)17-28(27)39-33(37)30-24(9)15-21(6)16-25(30)10/h11-19H,1-10H3. The van der Waals surface area contributed by atoms with Crippen molar-refractivity contribution < 1.29 is 23.9 Å². The zero-order valence-electron chi connectivity index (χ0n) is 24.7. The third kappa shape index (κ3) is 6.56. The molecule has 0 aliphatic rings. The van der Waals surface area contributed by atoms with Gasteiger partial charge in [0.15, 0.2) is 0 Å². The van der Waals surface area contributed by atoms with Gasteiger partial charge in [-0.25, -0.2) is 9.59 Å². The van der Waals surface area contributed by atoms with Crippen molar-refractivity contribution in [3.63, 3.8) is 0 Å².